The molecule has 0 fully saturated rings. The van der Waals surface area contributed by atoms with Gasteiger partial charge in [0.15, 0.2) is 0 Å². The summed E-state index contributed by atoms with van der Waals surface area (Å²) < 4.78 is 0. The number of rotatable bonds is 8. The van der Waals surface area contributed by atoms with Crippen LogP contribution >= 0.6 is 0 Å². The maximum absolute atomic E-state index is 13.9. The fourth-order valence-electron chi connectivity index (χ4n) is 4.94. The standard InChI is InChI=1S/C33H31N3O2/c1-22-17-18-28(23(2)19-22)35-32(37)30(20-26-21-34-29-16-10-9-15-27(26)29)36-33(38)31(24-11-5-3-6-12-24)25-13-7-4-8-14-25/h3-19,21,30-31,34H,20H2,1-2H3,(H,35,37)(H,36,38)/t30-/m1/s1. The van der Waals surface area contributed by atoms with Crippen LogP contribution in [0.2, 0.25) is 0 Å². The van der Waals surface area contributed by atoms with Crippen molar-refractivity contribution in [2.24, 2.45) is 0 Å². The predicted octanol–water partition coefficient (Wildman–Crippen LogP) is 6.28. The van der Waals surface area contributed by atoms with E-state index >= 15 is 0 Å². The van der Waals surface area contributed by atoms with Crippen LogP contribution in [0.3, 0.4) is 0 Å². The zero-order chi connectivity index (χ0) is 26.5. The van der Waals surface area contributed by atoms with Crippen molar-refractivity contribution in [3.05, 3.63) is 137 Å². The molecule has 5 heteroatoms. The van der Waals surface area contributed by atoms with Crippen molar-refractivity contribution < 1.29 is 9.59 Å². The Labute approximate surface area is 222 Å². The summed E-state index contributed by atoms with van der Waals surface area (Å²) in [5, 5.41) is 7.20. The zero-order valence-electron chi connectivity index (χ0n) is 21.6. The van der Waals surface area contributed by atoms with E-state index in [-0.39, 0.29) is 11.8 Å². The summed E-state index contributed by atoms with van der Waals surface area (Å²) in [6.07, 6.45) is 2.27. The SMILES string of the molecule is Cc1ccc(NC(=O)[C@@H](Cc2c[nH]c3ccccc23)NC(=O)C(c2ccccc2)c2ccccc2)c(C)c1. The minimum absolute atomic E-state index is 0.219. The molecule has 2 amide bonds. The number of carbonyl (C=O) groups is 2. The molecule has 0 aliphatic rings. The molecule has 0 radical (unpaired) electrons. The van der Waals surface area contributed by atoms with Crippen molar-refractivity contribution in [3.63, 3.8) is 0 Å². The molecule has 0 unspecified atom stereocenters. The number of para-hydroxylation sites is 1. The average molecular weight is 502 g/mol. The Balaban J connectivity index is 1.48. The minimum Gasteiger partial charge on any atom is -0.361 e. The predicted molar refractivity (Wildman–Crippen MR) is 153 cm³/mol. The Morgan fingerprint density at radius 3 is 2.05 bits per heavy atom. The van der Waals surface area contributed by atoms with Crippen molar-refractivity contribution in [1.29, 1.82) is 0 Å². The second-order valence-electron chi connectivity index (χ2n) is 9.69. The first-order chi connectivity index (χ1) is 18.5. The molecule has 0 saturated heterocycles. The number of fused-ring (bicyclic) bond motifs is 1. The monoisotopic (exact) mass is 501 g/mol. The second-order valence-corrected chi connectivity index (χ2v) is 9.69. The molecular formula is C33H31N3O2. The van der Waals surface area contributed by atoms with E-state index in [1.807, 2.05) is 123 Å². The van der Waals surface area contributed by atoms with Crippen LogP contribution in [0.4, 0.5) is 5.69 Å². The number of H-pyrrole nitrogens is 1. The fraction of sp³-hybridized carbons (Fsp3) is 0.152. The van der Waals surface area contributed by atoms with Gasteiger partial charge in [0.1, 0.15) is 6.04 Å². The van der Waals surface area contributed by atoms with E-state index in [9.17, 15) is 9.59 Å². The number of benzene rings is 4. The van der Waals surface area contributed by atoms with Crippen LogP contribution in [-0.4, -0.2) is 22.8 Å². The number of carbonyl (C=O) groups excluding carboxylic acids is 2. The van der Waals surface area contributed by atoms with E-state index in [0.717, 1.165) is 44.4 Å². The highest BCUT2D eigenvalue weighted by molar-refractivity contribution is 5.99. The number of nitrogens with one attached hydrogen (secondary N) is 3. The minimum atomic E-state index is -0.780. The molecule has 0 saturated carbocycles. The smallest absolute Gasteiger partial charge is 0.247 e. The fourth-order valence-corrected chi connectivity index (χ4v) is 4.94. The molecule has 5 rings (SSSR count). The highest BCUT2D eigenvalue weighted by Crippen LogP contribution is 2.26. The van der Waals surface area contributed by atoms with Gasteiger partial charge in [-0.25, -0.2) is 0 Å². The Bertz CT molecular complexity index is 1520. The van der Waals surface area contributed by atoms with Gasteiger partial charge >= 0.3 is 0 Å². The molecule has 38 heavy (non-hydrogen) atoms. The largest absolute Gasteiger partial charge is 0.361 e. The lowest BCUT2D eigenvalue weighted by molar-refractivity contribution is -0.126. The van der Waals surface area contributed by atoms with Gasteiger partial charge < -0.3 is 15.6 Å². The number of anilines is 1. The average Bonchev–Trinajstić information content (AvgIpc) is 3.34. The first kappa shape index (κ1) is 25.0. The third-order valence-electron chi connectivity index (χ3n) is 6.90. The third kappa shape index (κ3) is 5.52. The molecule has 0 spiro atoms. The van der Waals surface area contributed by atoms with Gasteiger partial charge in [0.2, 0.25) is 11.8 Å². The van der Waals surface area contributed by atoms with Crippen molar-refractivity contribution >= 4 is 28.4 Å². The van der Waals surface area contributed by atoms with E-state index < -0.39 is 12.0 Å². The first-order valence-corrected chi connectivity index (χ1v) is 12.8. The highest BCUT2D eigenvalue weighted by atomic mass is 16.2. The summed E-state index contributed by atoms with van der Waals surface area (Å²) in [7, 11) is 0. The van der Waals surface area contributed by atoms with Crippen LogP contribution in [-0.2, 0) is 16.0 Å². The Kier molecular flexibility index (Phi) is 7.36. The lowest BCUT2D eigenvalue weighted by atomic mass is 9.90. The molecule has 3 N–H and O–H groups in total. The van der Waals surface area contributed by atoms with Crippen LogP contribution < -0.4 is 10.6 Å². The Morgan fingerprint density at radius 1 is 0.763 bits per heavy atom. The van der Waals surface area contributed by atoms with E-state index in [0.29, 0.717) is 6.42 Å². The van der Waals surface area contributed by atoms with Crippen molar-refractivity contribution in [1.82, 2.24) is 10.3 Å². The van der Waals surface area contributed by atoms with E-state index in [4.69, 9.17) is 0 Å². The summed E-state index contributed by atoms with van der Waals surface area (Å²) in [4.78, 5) is 30.9. The van der Waals surface area contributed by atoms with Crippen LogP contribution in [0, 0.1) is 13.8 Å². The molecule has 4 aromatic carbocycles. The van der Waals surface area contributed by atoms with Crippen molar-refractivity contribution in [2.75, 3.05) is 5.32 Å². The molecule has 5 aromatic rings. The number of aromatic nitrogens is 1. The van der Waals surface area contributed by atoms with Gasteiger partial charge in [-0.1, -0.05) is 96.6 Å². The molecule has 1 atom stereocenters. The maximum atomic E-state index is 13.9. The summed E-state index contributed by atoms with van der Waals surface area (Å²) in [5.74, 6) is -1.02. The van der Waals surface area contributed by atoms with Gasteiger partial charge in [0.25, 0.3) is 0 Å². The first-order valence-electron chi connectivity index (χ1n) is 12.8. The molecule has 0 aliphatic heterocycles. The van der Waals surface area contributed by atoms with Crippen LogP contribution in [0.25, 0.3) is 10.9 Å². The lowest BCUT2D eigenvalue weighted by Gasteiger charge is -2.23. The molecule has 0 bridgehead atoms. The number of aromatic amines is 1. The number of aryl methyl sites for hydroxylation is 2. The van der Waals surface area contributed by atoms with Crippen LogP contribution in [0.1, 0.15) is 33.7 Å². The molecular weight excluding hydrogens is 470 g/mol. The zero-order valence-corrected chi connectivity index (χ0v) is 21.6. The van der Waals surface area contributed by atoms with Crippen molar-refractivity contribution in [2.45, 2.75) is 32.2 Å². The van der Waals surface area contributed by atoms with Gasteiger partial charge in [-0.15, -0.1) is 0 Å². The van der Waals surface area contributed by atoms with Gasteiger partial charge in [-0.05, 0) is 48.2 Å². The van der Waals surface area contributed by atoms with E-state index in [1.54, 1.807) is 0 Å². The third-order valence-corrected chi connectivity index (χ3v) is 6.90. The van der Waals surface area contributed by atoms with Gasteiger partial charge in [-0.3, -0.25) is 9.59 Å². The second kappa shape index (κ2) is 11.2. The lowest BCUT2D eigenvalue weighted by Crippen LogP contribution is -2.47. The van der Waals surface area contributed by atoms with Crippen LogP contribution in [0.5, 0.6) is 0 Å². The summed E-state index contributed by atoms with van der Waals surface area (Å²) in [6.45, 7) is 3.99. The maximum Gasteiger partial charge on any atom is 0.247 e. The quantitative estimate of drug-likeness (QED) is 0.234. The Hall–Kier alpha value is -4.64. The number of amides is 2. The summed E-state index contributed by atoms with van der Waals surface area (Å²) in [6, 6.07) is 32.5. The van der Waals surface area contributed by atoms with Gasteiger partial charge in [0.05, 0.1) is 5.92 Å². The number of hydrogen-bond donors (Lipinski definition) is 3. The summed E-state index contributed by atoms with van der Waals surface area (Å²) >= 11 is 0. The highest BCUT2D eigenvalue weighted by Gasteiger charge is 2.29. The summed E-state index contributed by atoms with van der Waals surface area (Å²) in [5.41, 5.74) is 6.54. The topological polar surface area (TPSA) is 74.0 Å². The number of hydrogen-bond acceptors (Lipinski definition) is 2. The van der Waals surface area contributed by atoms with Crippen LogP contribution in [0.15, 0.2) is 109 Å². The van der Waals surface area contributed by atoms with E-state index in [1.165, 1.54) is 0 Å². The molecule has 1 heterocycles. The van der Waals surface area contributed by atoms with E-state index in [2.05, 4.69) is 15.6 Å². The molecule has 0 aliphatic carbocycles. The van der Waals surface area contributed by atoms with Gasteiger partial charge in [-0.2, -0.15) is 0 Å². The molecule has 5 nitrogen and oxygen atoms in total. The Morgan fingerprint density at radius 2 is 1.39 bits per heavy atom. The van der Waals surface area contributed by atoms with Crippen molar-refractivity contribution in [3.8, 4) is 0 Å². The molecule has 190 valence electrons. The van der Waals surface area contributed by atoms with Gasteiger partial charge in [0, 0.05) is 29.2 Å². The normalized spacial score (nSPS) is 11.9. The molecule has 1 aromatic heterocycles.